The Balaban J connectivity index is 1.99. The molecule has 0 bridgehead atoms. The van der Waals surface area contributed by atoms with Crippen molar-refractivity contribution in [2.24, 2.45) is 5.41 Å². The second-order valence-electron chi connectivity index (χ2n) is 12.3. The van der Waals surface area contributed by atoms with Crippen LogP contribution in [0.3, 0.4) is 0 Å². The molecular weight excluding hydrogens is 536 g/mol. The van der Waals surface area contributed by atoms with E-state index in [2.05, 4.69) is 36.2 Å². The summed E-state index contributed by atoms with van der Waals surface area (Å²) >= 11 is 1.59. The van der Waals surface area contributed by atoms with Crippen molar-refractivity contribution in [3.05, 3.63) is 78.4 Å². The van der Waals surface area contributed by atoms with E-state index in [0.717, 1.165) is 23.1 Å². The lowest BCUT2D eigenvalue weighted by molar-refractivity contribution is -0.150. The largest absolute Gasteiger partial charge is 0.480 e. The number of amides is 2. The minimum atomic E-state index is -1.07. The molecule has 0 radical (unpaired) electrons. The number of benzene rings is 1. The molecule has 0 spiro atoms. The molecule has 0 saturated carbocycles. The molecule has 1 heterocycles. The first-order valence-electron chi connectivity index (χ1n) is 14.1. The first-order valence-corrected chi connectivity index (χ1v) is 15.1. The Kier molecular flexibility index (Phi) is 10.3. The number of allylic oxidation sites excluding steroid dienone is 6. The zero-order chi connectivity index (χ0) is 30.4. The van der Waals surface area contributed by atoms with Crippen LogP contribution in [0.4, 0.5) is 4.79 Å². The van der Waals surface area contributed by atoms with Crippen LogP contribution < -0.4 is 5.32 Å². The average Bonchev–Trinajstić information content (AvgIpc) is 3.10. The molecule has 2 aliphatic rings. The third-order valence-corrected chi connectivity index (χ3v) is 9.18. The van der Waals surface area contributed by atoms with E-state index in [0.29, 0.717) is 12.2 Å². The van der Waals surface area contributed by atoms with Crippen molar-refractivity contribution in [2.45, 2.75) is 83.2 Å². The highest BCUT2D eigenvalue weighted by Crippen LogP contribution is 2.48. The van der Waals surface area contributed by atoms with Crippen LogP contribution in [-0.2, 0) is 19.1 Å². The highest BCUT2D eigenvalue weighted by Gasteiger charge is 2.52. The van der Waals surface area contributed by atoms with Gasteiger partial charge in [0.2, 0.25) is 5.91 Å². The molecule has 1 aromatic carbocycles. The van der Waals surface area contributed by atoms with Gasteiger partial charge >= 0.3 is 12.1 Å². The van der Waals surface area contributed by atoms with Gasteiger partial charge < -0.3 is 20.1 Å². The molecule has 1 fully saturated rings. The second-order valence-corrected chi connectivity index (χ2v) is 13.7. The number of rotatable bonds is 10. The summed E-state index contributed by atoms with van der Waals surface area (Å²) in [5.41, 5.74) is 1.73. The lowest BCUT2D eigenvalue weighted by Gasteiger charge is -2.37. The molecule has 8 heteroatoms. The van der Waals surface area contributed by atoms with Crippen molar-refractivity contribution < 1.29 is 24.2 Å². The van der Waals surface area contributed by atoms with Gasteiger partial charge in [-0.2, -0.15) is 0 Å². The van der Waals surface area contributed by atoms with Crippen molar-refractivity contribution in [2.75, 3.05) is 12.3 Å². The maximum atomic E-state index is 14.2. The molecule has 1 aliphatic carbocycles. The van der Waals surface area contributed by atoms with Crippen LogP contribution in [-0.4, -0.2) is 58.0 Å². The topological polar surface area (TPSA) is 95.9 Å². The highest BCUT2D eigenvalue weighted by atomic mass is 32.2. The molecule has 0 aromatic heterocycles. The smallest absolute Gasteiger partial charge is 0.408 e. The molecule has 1 saturated heterocycles. The molecular formula is C33H44N2O5S. The van der Waals surface area contributed by atoms with Crippen LogP contribution in [0.15, 0.2) is 67.3 Å². The van der Waals surface area contributed by atoms with Crippen LogP contribution >= 0.6 is 11.8 Å². The number of carbonyl (C=O) groups is 3. The van der Waals surface area contributed by atoms with E-state index in [4.69, 9.17) is 4.74 Å². The predicted octanol–water partition coefficient (Wildman–Crippen LogP) is 6.72. The van der Waals surface area contributed by atoms with Gasteiger partial charge in [0.15, 0.2) is 0 Å². The zero-order valence-corrected chi connectivity index (χ0v) is 25.9. The van der Waals surface area contributed by atoms with E-state index in [-0.39, 0.29) is 13.0 Å². The van der Waals surface area contributed by atoms with Crippen LogP contribution in [0.2, 0.25) is 0 Å². The summed E-state index contributed by atoms with van der Waals surface area (Å²) < 4.78 is 4.80. The first kappa shape index (κ1) is 32.3. The molecule has 1 aromatic rings. The number of aliphatic carboxylic acids is 1. The average molecular weight is 581 g/mol. The summed E-state index contributed by atoms with van der Waals surface area (Å²) in [6.45, 7) is 15.1. The third-order valence-electron chi connectivity index (χ3n) is 7.70. The van der Waals surface area contributed by atoms with Crippen LogP contribution in [0.1, 0.15) is 71.9 Å². The van der Waals surface area contributed by atoms with Gasteiger partial charge in [-0.05, 0) is 62.1 Å². The van der Waals surface area contributed by atoms with Gasteiger partial charge in [0, 0.05) is 12.3 Å². The maximum absolute atomic E-state index is 14.2. The molecule has 7 nitrogen and oxygen atoms in total. The van der Waals surface area contributed by atoms with Crippen molar-refractivity contribution in [3.8, 4) is 0 Å². The molecule has 2 N–H and O–H groups in total. The number of carbonyl (C=O) groups excluding carboxylic acids is 2. The van der Waals surface area contributed by atoms with E-state index in [1.807, 2.05) is 51.1 Å². The van der Waals surface area contributed by atoms with Crippen molar-refractivity contribution in [3.63, 3.8) is 0 Å². The van der Waals surface area contributed by atoms with Crippen LogP contribution in [0, 0.1) is 5.41 Å². The number of ether oxygens (including phenoxy) is 1. The third kappa shape index (κ3) is 7.94. The number of hydrogen-bond acceptors (Lipinski definition) is 5. The minimum Gasteiger partial charge on any atom is -0.480 e. The molecule has 3 rings (SSSR count). The summed E-state index contributed by atoms with van der Waals surface area (Å²) in [7, 11) is 0. The van der Waals surface area contributed by atoms with Crippen molar-refractivity contribution in [1.82, 2.24) is 10.2 Å². The van der Waals surface area contributed by atoms with E-state index >= 15 is 0 Å². The molecule has 2 amide bonds. The number of likely N-dealkylation sites (tertiary alicyclic amines) is 1. The van der Waals surface area contributed by atoms with E-state index in [1.54, 1.807) is 38.6 Å². The first-order chi connectivity index (χ1) is 19.2. The van der Waals surface area contributed by atoms with Gasteiger partial charge in [-0.1, -0.05) is 81.5 Å². The lowest BCUT2D eigenvalue weighted by Crippen LogP contribution is -2.58. The second kappa shape index (κ2) is 13.1. The Hall–Kier alpha value is -3.26. The Labute approximate surface area is 248 Å². The van der Waals surface area contributed by atoms with E-state index in [1.165, 1.54) is 4.90 Å². The number of carboxylic acids is 1. The standard InChI is InChI=1S/C33H44N2O5S/c1-8-20-41-33(25-18-16-24(17-19-25)23-14-12-10-11-13-15-23)21-26(29(37)38)35(22-33)28(36)27(32(6,7)9-2)34-30(39)40-31(3,4)5/h8,10,12-19,26-27H,1,9,11,20-22H2,2-7H3,(H,34,39)(H,37,38). The predicted molar refractivity (Wildman–Crippen MR) is 167 cm³/mol. The zero-order valence-electron chi connectivity index (χ0n) is 25.1. The summed E-state index contributed by atoms with van der Waals surface area (Å²) in [5, 5.41) is 13.1. The summed E-state index contributed by atoms with van der Waals surface area (Å²) in [6.07, 6.45) is 13.2. The quantitative estimate of drug-likeness (QED) is 0.299. The maximum Gasteiger partial charge on any atom is 0.408 e. The molecule has 3 atom stereocenters. The normalized spacial score (nSPS) is 21.6. The number of nitrogens with one attached hydrogen (secondary N) is 1. The highest BCUT2D eigenvalue weighted by molar-refractivity contribution is 8.00. The number of thioether (sulfide) groups is 1. The molecule has 222 valence electrons. The van der Waals surface area contributed by atoms with Crippen LogP contribution in [0.25, 0.3) is 5.57 Å². The van der Waals surface area contributed by atoms with Gasteiger partial charge in [-0.15, -0.1) is 18.3 Å². The van der Waals surface area contributed by atoms with Gasteiger partial charge in [0.1, 0.15) is 17.7 Å². The SMILES string of the molecule is C=CCSC1(c2ccc(C3=CC=CCC=C3)cc2)CC(C(=O)O)N(C(=O)C(NC(=O)OC(C)(C)C)C(C)(C)CC)C1. The van der Waals surface area contributed by atoms with Gasteiger partial charge in [-0.3, -0.25) is 4.79 Å². The number of alkyl carbamates (subject to hydrolysis) is 1. The number of nitrogens with zero attached hydrogens (tertiary/aromatic N) is 1. The summed E-state index contributed by atoms with van der Waals surface area (Å²) in [6, 6.07) is 6.16. The monoisotopic (exact) mass is 580 g/mol. The fourth-order valence-electron chi connectivity index (χ4n) is 5.07. The van der Waals surface area contributed by atoms with E-state index < -0.39 is 45.8 Å². The van der Waals surface area contributed by atoms with E-state index in [9.17, 15) is 19.5 Å². The Bertz CT molecular complexity index is 1230. The van der Waals surface area contributed by atoms with Crippen LogP contribution in [0.5, 0.6) is 0 Å². The molecule has 3 unspecified atom stereocenters. The summed E-state index contributed by atoms with van der Waals surface area (Å²) in [5.74, 6) is -0.898. The number of carboxylic acid groups (broad SMARTS) is 1. The van der Waals surface area contributed by atoms with Crippen molar-refractivity contribution in [1.29, 1.82) is 0 Å². The van der Waals surface area contributed by atoms with Crippen molar-refractivity contribution >= 4 is 35.3 Å². The minimum absolute atomic E-state index is 0.193. The number of hydrogen-bond donors (Lipinski definition) is 2. The van der Waals surface area contributed by atoms with Gasteiger partial charge in [0.25, 0.3) is 0 Å². The Morgan fingerprint density at radius 2 is 1.88 bits per heavy atom. The Morgan fingerprint density at radius 1 is 1.20 bits per heavy atom. The van der Waals surface area contributed by atoms with Gasteiger partial charge in [-0.25, -0.2) is 9.59 Å². The molecule has 41 heavy (non-hydrogen) atoms. The Morgan fingerprint density at radius 3 is 2.46 bits per heavy atom. The fraction of sp³-hybridized carbons (Fsp3) is 0.485. The molecule has 1 aliphatic heterocycles. The summed E-state index contributed by atoms with van der Waals surface area (Å²) in [4.78, 5) is 41.0. The fourth-order valence-corrected chi connectivity index (χ4v) is 6.31. The lowest BCUT2D eigenvalue weighted by atomic mass is 9.81. The van der Waals surface area contributed by atoms with Gasteiger partial charge in [0.05, 0.1) is 4.75 Å².